The molecule has 7 heteroatoms. The lowest BCUT2D eigenvalue weighted by molar-refractivity contribution is 0.0635. The fourth-order valence-electron chi connectivity index (χ4n) is 3.13. The van der Waals surface area contributed by atoms with E-state index in [0.29, 0.717) is 5.56 Å². The van der Waals surface area contributed by atoms with Crippen LogP contribution in [0.4, 0.5) is 20.6 Å². The Kier molecular flexibility index (Phi) is 6.17. The molecule has 0 aliphatic heterocycles. The van der Waals surface area contributed by atoms with Gasteiger partial charge in [0.05, 0.1) is 16.9 Å². The number of nitrogens with one attached hydrogen (secondary N) is 2. The highest BCUT2D eigenvalue weighted by molar-refractivity contribution is 6.07. The number of halogens is 1. The van der Waals surface area contributed by atoms with Gasteiger partial charge in [0.25, 0.3) is 5.91 Å². The number of aromatic nitrogens is 1. The third kappa shape index (κ3) is 5.12. The molecule has 0 saturated heterocycles. The molecule has 0 atom stereocenters. The summed E-state index contributed by atoms with van der Waals surface area (Å²) in [5.74, 6) is -0.907. The van der Waals surface area contributed by atoms with Crippen LogP contribution in [0.1, 0.15) is 62.4 Å². The fraction of sp³-hybridized carbons (Fsp3) is 0.429. The van der Waals surface area contributed by atoms with Crippen molar-refractivity contribution in [1.82, 2.24) is 4.57 Å². The van der Waals surface area contributed by atoms with Gasteiger partial charge in [0.2, 0.25) is 0 Å². The van der Waals surface area contributed by atoms with Crippen molar-refractivity contribution in [3.63, 3.8) is 0 Å². The van der Waals surface area contributed by atoms with Crippen molar-refractivity contribution in [2.24, 2.45) is 0 Å². The summed E-state index contributed by atoms with van der Waals surface area (Å²) in [5, 5.41) is 5.25. The predicted octanol–water partition coefficient (Wildman–Crippen LogP) is 5.42. The molecular weight excluding hydrogens is 361 g/mol. The maximum Gasteiger partial charge on any atom is 0.412 e. The molecule has 1 heterocycles. The average molecular weight is 389 g/mol. The minimum Gasteiger partial charge on any atom is -0.444 e. The maximum absolute atomic E-state index is 13.8. The molecule has 28 heavy (non-hydrogen) atoms. The molecule has 2 amide bonds. The van der Waals surface area contributed by atoms with Crippen LogP contribution in [0, 0.1) is 19.7 Å². The third-order valence-corrected chi connectivity index (χ3v) is 4.11. The molecule has 0 saturated carbocycles. The number of benzene rings is 1. The number of ether oxygens (including phenoxy) is 1. The fourth-order valence-corrected chi connectivity index (χ4v) is 3.13. The molecule has 1 aromatic carbocycles. The van der Waals surface area contributed by atoms with Crippen molar-refractivity contribution in [2.75, 3.05) is 10.6 Å². The van der Waals surface area contributed by atoms with Gasteiger partial charge in [-0.2, -0.15) is 0 Å². The lowest BCUT2D eigenvalue weighted by atomic mass is 10.2. The van der Waals surface area contributed by atoms with Gasteiger partial charge in [-0.05, 0) is 72.7 Å². The van der Waals surface area contributed by atoms with Crippen LogP contribution in [-0.4, -0.2) is 22.2 Å². The first kappa shape index (κ1) is 21.5. The van der Waals surface area contributed by atoms with Crippen LogP contribution in [-0.2, 0) is 4.74 Å². The van der Waals surface area contributed by atoms with Crippen molar-refractivity contribution < 1.29 is 18.7 Å². The van der Waals surface area contributed by atoms with E-state index in [-0.39, 0.29) is 23.3 Å². The second-order valence-electron chi connectivity index (χ2n) is 8.02. The Balaban J connectivity index is 2.29. The van der Waals surface area contributed by atoms with E-state index in [2.05, 4.69) is 15.2 Å². The van der Waals surface area contributed by atoms with E-state index in [1.807, 2.05) is 27.7 Å². The number of carbonyl (C=O) groups is 2. The Morgan fingerprint density at radius 1 is 1.07 bits per heavy atom. The summed E-state index contributed by atoms with van der Waals surface area (Å²) in [6, 6.07) is 5.75. The lowest BCUT2D eigenvalue weighted by Crippen LogP contribution is -2.27. The summed E-state index contributed by atoms with van der Waals surface area (Å²) in [5.41, 5.74) is 2.01. The Morgan fingerprint density at radius 3 is 2.25 bits per heavy atom. The van der Waals surface area contributed by atoms with Crippen molar-refractivity contribution in [1.29, 1.82) is 0 Å². The van der Waals surface area contributed by atoms with Crippen molar-refractivity contribution in [2.45, 2.75) is 60.1 Å². The normalized spacial score (nSPS) is 11.5. The Labute approximate surface area is 165 Å². The highest BCUT2D eigenvalue weighted by Crippen LogP contribution is 2.26. The summed E-state index contributed by atoms with van der Waals surface area (Å²) in [7, 11) is 0. The number of carbonyl (C=O) groups excluding carboxylic acids is 2. The first-order valence-corrected chi connectivity index (χ1v) is 9.18. The maximum atomic E-state index is 13.8. The molecule has 2 N–H and O–H groups in total. The molecular formula is C21H28FN3O3. The summed E-state index contributed by atoms with van der Waals surface area (Å²) in [6.07, 6.45) is -0.687. The SMILES string of the molecule is Cc1cc(C(=O)Nc2cc(F)ccc2NC(=O)OC(C)(C)C)c(C)n1C(C)C. The zero-order valence-electron chi connectivity index (χ0n) is 17.4. The molecule has 0 unspecified atom stereocenters. The van der Waals surface area contributed by atoms with Gasteiger partial charge in [0.15, 0.2) is 0 Å². The molecule has 6 nitrogen and oxygen atoms in total. The molecule has 0 aliphatic rings. The van der Waals surface area contributed by atoms with Crippen LogP contribution < -0.4 is 10.6 Å². The Morgan fingerprint density at radius 2 is 1.71 bits per heavy atom. The number of hydrogen-bond acceptors (Lipinski definition) is 3. The van der Waals surface area contributed by atoms with E-state index >= 15 is 0 Å². The van der Waals surface area contributed by atoms with E-state index in [0.717, 1.165) is 17.5 Å². The highest BCUT2D eigenvalue weighted by atomic mass is 19.1. The van der Waals surface area contributed by atoms with Crippen molar-refractivity contribution in [3.05, 3.63) is 47.0 Å². The number of hydrogen-bond donors (Lipinski definition) is 2. The monoisotopic (exact) mass is 389 g/mol. The predicted molar refractivity (Wildman–Crippen MR) is 109 cm³/mol. The zero-order chi connectivity index (χ0) is 21.2. The van der Waals surface area contributed by atoms with Crippen LogP contribution in [0.25, 0.3) is 0 Å². The number of amides is 2. The van der Waals surface area contributed by atoms with Crippen LogP contribution >= 0.6 is 0 Å². The largest absolute Gasteiger partial charge is 0.444 e. The quantitative estimate of drug-likeness (QED) is 0.733. The molecule has 152 valence electrons. The third-order valence-electron chi connectivity index (χ3n) is 4.11. The van der Waals surface area contributed by atoms with E-state index in [4.69, 9.17) is 4.74 Å². The van der Waals surface area contributed by atoms with Gasteiger partial charge >= 0.3 is 6.09 Å². The van der Waals surface area contributed by atoms with E-state index < -0.39 is 17.5 Å². The van der Waals surface area contributed by atoms with Gasteiger partial charge in [0, 0.05) is 17.4 Å². The Bertz CT molecular complexity index is 895. The molecule has 0 aliphatic carbocycles. The summed E-state index contributed by atoms with van der Waals surface area (Å²) in [4.78, 5) is 24.9. The number of aryl methyl sites for hydroxylation is 1. The first-order valence-electron chi connectivity index (χ1n) is 9.18. The lowest BCUT2D eigenvalue weighted by Gasteiger charge is -2.20. The van der Waals surface area contributed by atoms with Crippen molar-refractivity contribution >= 4 is 23.4 Å². The second kappa shape index (κ2) is 8.04. The Hall–Kier alpha value is -2.83. The van der Waals surface area contributed by atoms with Gasteiger partial charge in [-0.3, -0.25) is 10.1 Å². The topological polar surface area (TPSA) is 72.4 Å². The van der Waals surface area contributed by atoms with Gasteiger partial charge in [-0.1, -0.05) is 0 Å². The average Bonchev–Trinajstić information content (AvgIpc) is 2.83. The molecule has 2 rings (SSSR count). The van der Waals surface area contributed by atoms with Crippen LogP contribution in [0.15, 0.2) is 24.3 Å². The summed E-state index contributed by atoms with van der Waals surface area (Å²) < 4.78 is 21.0. The molecule has 0 bridgehead atoms. The molecule has 0 radical (unpaired) electrons. The van der Waals surface area contributed by atoms with Crippen LogP contribution in [0.3, 0.4) is 0 Å². The molecule has 2 aromatic rings. The van der Waals surface area contributed by atoms with Crippen molar-refractivity contribution in [3.8, 4) is 0 Å². The minimum absolute atomic E-state index is 0.158. The number of nitrogens with zero attached hydrogens (tertiary/aromatic N) is 1. The molecule has 0 spiro atoms. The summed E-state index contributed by atoms with van der Waals surface area (Å²) >= 11 is 0. The first-order chi connectivity index (χ1) is 12.9. The minimum atomic E-state index is -0.687. The molecule has 0 fully saturated rings. The standard InChI is InChI=1S/C21H28FN3O3/c1-12(2)25-13(3)10-16(14(25)4)19(26)23-18-11-15(22)8-9-17(18)24-20(27)28-21(5,6)7/h8-12H,1-7H3,(H,23,26)(H,24,27). The van der Waals surface area contributed by atoms with Gasteiger partial charge in [0.1, 0.15) is 11.4 Å². The molecule has 1 aromatic heterocycles. The van der Waals surface area contributed by atoms with E-state index in [1.165, 1.54) is 12.1 Å². The second-order valence-corrected chi connectivity index (χ2v) is 8.02. The zero-order valence-corrected chi connectivity index (χ0v) is 17.4. The van der Waals surface area contributed by atoms with E-state index in [1.54, 1.807) is 26.8 Å². The van der Waals surface area contributed by atoms with Gasteiger partial charge < -0.3 is 14.6 Å². The van der Waals surface area contributed by atoms with Gasteiger partial charge in [-0.15, -0.1) is 0 Å². The van der Waals surface area contributed by atoms with Gasteiger partial charge in [-0.25, -0.2) is 9.18 Å². The number of rotatable bonds is 4. The van der Waals surface area contributed by atoms with Crippen LogP contribution in [0.2, 0.25) is 0 Å². The smallest absolute Gasteiger partial charge is 0.412 e. The summed E-state index contributed by atoms with van der Waals surface area (Å²) in [6.45, 7) is 13.1. The van der Waals surface area contributed by atoms with Crippen LogP contribution in [0.5, 0.6) is 0 Å². The highest BCUT2D eigenvalue weighted by Gasteiger charge is 2.20. The number of anilines is 2. The van der Waals surface area contributed by atoms with E-state index in [9.17, 15) is 14.0 Å².